The summed E-state index contributed by atoms with van der Waals surface area (Å²) in [5.41, 5.74) is 5.58. The average molecular weight is 405 g/mol. The highest BCUT2D eigenvalue weighted by atomic mass is 16.3. The average Bonchev–Trinajstić information content (AvgIpc) is 3.50. The molecule has 0 fully saturated rings. The molecule has 0 unspecified atom stereocenters. The lowest BCUT2D eigenvalue weighted by atomic mass is 10.0. The third-order valence-corrected chi connectivity index (χ3v) is 4.72. The molecule has 0 aliphatic rings. The number of oxazole rings is 1. The number of nitrogens with one attached hydrogen (secondary N) is 2. The normalized spacial score (nSPS) is 11.4. The Morgan fingerprint density at radius 2 is 1.74 bits per heavy atom. The SMILES string of the molecule is N#CC(=CNc1ccc2oc(-c3ccc(-c4ccccc4)cc3)nc2c1)c1nn[nH]n1. The zero-order chi connectivity index (χ0) is 21.0. The number of nitriles is 1. The van der Waals surface area contributed by atoms with Crippen molar-refractivity contribution in [3.8, 4) is 28.7 Å². The van der Waals surface area contributed by atoms with E-state index in [4.69, 9.17) is 4.42 Å². The predicted octanol–water partition coefficient (Wildman–Crippen LogP) is 4.65. The lowest BCUT2D eigenvalue weighted by molar-refractivity contribution is 0.620. The Labute approximate surface area is 176 Å². The molecule has 2 N–H and O–H groups in total. The number of rotatable bonds is 5. The number of anilines is 1. The number of hydrogen-bond acceptors (Lipinski definition) is 7. The number of aromatic amines is 1. The summed E-state index contributed by atoms with van der Waals surface area (Å²) in [6.07, 6.45) is 1.52. The molecule has 0 saturated carbocycles. The number of hydrogen-bond donors (Lipinski definition) is 2. The molecule has 0 bridgehead atoms. The molecule has 0 amide bonds. The number of H-pyrrole nitrogens is 1. The van der Waals surface area contributed by atoms with Gasteiger partial charge in [0.05, 0.1) is 0 Å². The van der Waals surface area contributed by atoms with Gasteiger partial charge in [0.1, 0.15) is 17.2 Å². The van der Waals surface area contributed by atoms with Gasteiger partial charge in [-0.15, -0.1) is 10.2 Å². The molecule has 0 saturated heterocycles. The summed E-state index contributed by atoms with van der Waals surface area (Å²) in [7, 11) is 0. The van der Waals surface area contributed by atoms with E-state index in [0.29, 0.717) is 17.0 Å². The van der Waals surface area contributed by atoms with Gasteiger partial charge >= 0.3 is 0 Å². The monoisotopic (exact) mass is 405 g/mol. The van der Waals surface area contributed by atoms with Crippen molar-refractivity contribution >= 4 is 22.4 Å². The van der Waals surface area contributed by atoms with E-state index in [9.17, 15) is 5.26 Å². The number of allylic oxidation sites excluding steroid dienone is 1. The Morgan fingerprint density at radius 3 is 2.48 bits per heavy atom. The predicted molar refractivity (Wildman–Crippen MR) is 116 cm³/mol. The van der Waals surface area contributed by atoms with E-state index in [1.165, 1.54) is 6.20 Å². The van der Waals surface area contributed by atoms with E-state index >= 15 is 0 Å². The third kappa shape index (κ3) is 3.75. The fourth-order valence-electron chi connectivity index (χ4n) is 3.15. The summed E-state index contributed by atoms with van der Waals surface area (Å²) < 4.78 is 5.92. The molecule has 2 aromatic heterocycles. The zero-order valence-corrected chi connectivity index (χ0v) is 16.1. The van der Waals surface area contributed by atoms with Gasteiger partial charge in [0.15, 0.2) is 5.58 Å². The van der Waals surface area contributed by atoms with Crippen molar-refractivity contribution in [3.63, 3.8) is 0 Å². The first-order valence-corrected chi connectivity index (χ1v) is 9.47. The molecule has 0 aliphatic heterocycles. The largest absolute Gasteiger partial charge is 0.436 e. The van der Waals surface area contributed by atoms with Crippen molar-refractivity contribution in [2.45, 2.75) is 0 Å². The first-order chi connectivity index (χ1) is 15.3. The van der Waals surface area contributed by atoms with Crippen molar-refractivity contribution in [2.24, 2.45) is 0 Å². The number of aromatic nitrogens is 5. The number of tetrazole rings is 1. The summed E-state index contributed by atoms with van der Waals surface area (Å²) in [6, 6.07) is 25.9. The van der Waals surface area contributed by atoms with E-state index < -0.39 is 0 Å². The van der Waals surface area contributed by atoms with Crippen LogP contribution in [0.4, 0.5) is 5.69 Å². The van der Waals surface area contributed by atoms with Crippen LogP contribution in [0, 0.1) is 11.3 Å². The second-order valence-corrected chi connectivity index (χ2v) is 6.69. The molecule has 0 atom stereocenters. The molecule has 8 heteroatoms. The number of nitrogens with zero attached hydrogens (tertiary/aromatic N) is 5. The van der Waals surface area contributed by atoms with Crippen LogP contribution in [0.5, 0.6) is 0 Å². The fourth-order valence-corrected chi connectivity index (χ4v) is 3.15. The Kier molecular flexibility index (Phi) is 4.67. The molecule has 8 nitrogen and oxygen atoms in total. The van der Waals surface area contributed by atoms with E-state index in [2.05, 4.69) is 55.2 Å². The Hall–Kier alpha value is -4.77. The summed E-state index contributed by atoms with van der Waals surface area (Å²) >= 11 is 0. The van der Waals surface area contributed by atoms with Crippen molar-refractivity contribution in [3.05, 3.63) is 84.8 Å². The number of fused-ring (bicyclic) bond motifs is 1. The van der Waals surface area contributed by atoms with Crippen LogP contribution in [0.3, 0.4) is 0 Å². The van der Waals surface area contributed by atoms with Crippen LogP contribution in [0.15, 0.2) is 83.4 Å². The van der Waals surface area contributed by atoms with E-state index in [1.54, 1.807) is 0 Å². The van der Waals surface area contributed by atoms with E-state index in [-0.39, 0.29) is 11.4 Å². The van der Waals surface area contributed by atoms with Crippen molar-refractivity contribution < 1.29 is 4.42 Å². The van der Waals surface area contributed by atoms with Crippen LogP contribution in [0.2, 0.25) is 0 Å². The minimum absolute atomic E-state index is 0.221. The summed E-state index contributed by atoms with van der Waals surface area (Å²) in [5, 5.41) is 25.7. The van der Waals surface area contributed by atoms with Crippen molar-refractivity contribution in [2.75, 3.05) is 5.32 Å². The molecule has 0 radical (unpaired) electrons. The maximum absolute atomic E-state index is 9.26. The van der Waals surface area contributed by atoms with Gasteiger partial charge in [0.25, 0.3) is 0 Å². The van der Waals surface area contributed by atoms with Gasteiger partial charge in [-0.3, -0.25) is 0 Å². The minimum Gasteiger partial charge on any atom is -0.436 e. The van der Waals surface area contributed by atoms with Crippen LogP contribution < -0.4 is 5.32 Å². The molecule has 3 aromatic carbocycles. The standard InChI is InChI=1S/C23H15N7O/c24-13-18(22-27-29-30-28-22)14-25-19-10-11-21-20(12-19)26-23(31-21)17-8-6-16(7-9-17)15-4-2-1-3-5-15/h1-12,14,25H,(H,27,28,29,30). The molecule has 2 heterocycles. The minimum atomic E-state index is 0.221. The fraction of sp³-hybridized carbons (Fsp3) is 0. The number of benzene rings is 3. The summed E-state index contributed by atoms with van der Waals surface area (Å²) in [5.74, 6) is 0.769. The second-order valence-electron chi connectivity index (χ2n) is 6.69. The maximum atomic E-state index is 9.26. The molecule has 5 aromatic rings. The van der Waals surface area contributed by atoms with Gasteiger partial charge in [-0.1, -0.05) is 42.5 Å². The summed E-state index contributed by atoms with van der Waals surface area (Å²) in [6.45, 7) is 0. The highest BCUT2D eigenvalue weighted by Gasteiger charge is 2.10. The first-order valence-electron chi connectivity index (χ1n) is 9.47. The highest BCUT2D eigenvalue weighted by Crippen LogP contribution is 2.28. The maximum Gasteiger partial charge on any atom is 0.227 e. The topological polar surface area (TPSA) is 116 Å². The lowest BCUT2D eigenvalue weighted by Crippen LogP contribution is -1.92. The Bertz CT molecular complexity index is 1400. The molecule has 0 spiro atoms. The molecule has 31 heavy (non-hydrogen) atoms. The smallest absolute Gasteiger partial charge is 0.227 e. The second kappa shape index (κ2) is 7.93. The van der Waals surface area contributed by atoms with Crippen LogP contribution in [-0.4, -0.2) is 25.6 Å². The lowest BCUT2D eigenvalue weighted by Gasteiger charge is -2.02. The first kappa shape index (κ1) is 18.3. The van der Waals surface area contributed by atoms with Crippen molar-refractivity contribution in [1.29, 1.82) is 5.26 Å². The van der Waals surface area contributed by atoms with Gasteiger partial charge in [0.2, 0.25) is 11.7 Å². The van der Waals surface area contributed by atoms with Crippen LogP contribution >= 0.6 is 0 Å². The van der Waals surface area contributed by atoms with Crippen LogP contribution in [0.25, 0.3) is 39.3 Å². The van der Waals surface area contributed by atoms with E-state index in [1.807, 2.05) is 54.6 Å². The zero-order valence-electron chi connectivity index (χ0n) is 16.1. The Morgan fingerprint density at radius 1 is 0.968 bits per heavy atom. The molecule has 5 rings (SSSR count). The van der Waals surface area contributed by atoms with Gasteiger partial charge < -0.3 is 9.73 Å². The van der Waals surface area contributed by atoms with Gasteiger partial charge in [-0.2, -0.15) is 10.5 Å². The molecular weight excluding hydrogens is 390 g/mol. The van der Waals surface area contributed by atoms with E-state index in [0.717, 1.165) is 22.4 Å². The van der Waals surface area contributed by atoms with Crippen molar-refractivity contribution in [1.82, 2.24) is 25.6 Å². The van der Waals surface area contributed by atoms with Gasteiger partial charge in [-0.05, 0) is 46.7 Å². The Balaban J connectivity index is 1.39. The molecular formula is C23H15N7O. The van der Waals surface area contributed by atoms with Crippen LogP contribution in [0.1, 0.15) is 5.82 Å². The molecule has 148 valence electrons. The molecule has 0 aliphatic carbocycles. The highest BCUT2D eigenvalue weighted by molar-refractivity contribution is 5.81. The summed E-state index contributed by atoms with van der Waals surface area (Å²) in [4.78, 5) is 4.61. The quantitative estimate of drug-likeness (QED) is 0.409. The van der Waals surface area contributed by atoms with Crippen LogP contribution in [-0.2, 0) is 0 Å². The van der Waals surface area contributed by atoms with Gasteiger partial charge in [0, 0.05) is 17.5 Å². The third-order valence-electron chi connectivity index (χ3n) is 4.72. The van der Waals surface area contributed by atoms with Gasteiger partial charge in [-0.25, -0.2) is 4.98 Å².